The molecule has 1 aromatic carbocycles. The van der Waals surface area contributed by atoms with Gasteiger partial charge in [-0.25, -0.2) is 13.2 Å². The van der Waals surface area contributed by atoms with Crippen molar-refractivity contribution in [2.45, 2.75) is 19.6 Å². The Labute approximate surface area is 156 Å². The van der Waals surface area contributed by atoms with E-state index in [1.165, 1.54) is 0 Å². The normalized spacial score (nSPS) is 12.0. The van der Waals surface area contributed by atoms with Crippen molar-refractivity contribution >= 4 is 26.8 Å². The Bertz CT molecular complexity index is 1180. The van der Waals surface area contributed by atoms with Crippen LogP contribution >= 0.6 is 0 Å². The Morgan fingerprint density at radius 3 is 2.43 bits per heavy atom. The number of H-pyrrole nitrogens is 1. The van der Waals surface area contributed by atoms with Crippen molar-refractivity contribution in [1.82, 2.24) is 15.0 Å². The van der Waals surface area contributed by atoms with Crippen molar-refractivity contribution in [3.05, 3.63) is 56.9 Å². The number of amides is 1. The summed E-state index contributed by atoms with van der Waals surface area (Å²) in [7, 11) is -4.12. The molecule has 152 valence electrons. The third-order valence-corrected chi connectivity index (χ3v) is 4.62. The standard InChI is InChI=1S/C15H15F3N4O5S/c1-4-21(28(3,26)27)22-13(24)10-5-9(7-19-8(2)23)11(15(16,17)18)6-12(10)20-14(22)25/h4-6H,1,7H2,2-3H3,(H,19,23)(H,20,25). The molecule has 1 heterocycles. The van der Waals surface area contributed by atoms with Crippen molar-refractivity contribution in [3.63, 3.8) is 0 Å². The molecule has 2 aromatic rings. The molecular formula is C15H15F3N4O5S. The number of hydrogen-bond acceptors (Lipinski definition) is 5. The summed E-state index contributed by atoms with van der Waals surface area (Å²) in [4.78, 5) is 38.0. The number of sulfonamides is 1. The number of benzene rings is 1. The molecule has 0 aliphatic rings. The zero-order valence-corrected chi connectivity index (χ0v) is 15.4. The minimum atomic E-state index is -4.83. The van der Waals surface area contributed by atoms with Crippen molar-refractivity contribution in [2.75, 3.05) is 10.7 Å². The first-order chi connectivity index (χ1) is 12.8. The molecule has 0 aliphatic heterocycles. The first kappa shape index (κ1) is 21.2. The third kappa shape index (κ3) is 4.08. The van der Waals surface area contributed by atoms with Gasteiger partial charge in [-0.15, -0.1) is 0 Å². The number of carbonyl (C=O) groups excluding carboxylic acids is 1. The summed E-state index contributed by atoms with van der Waals surface area (Å²) in [5, 5.41) is 1.81. The summed E-state index contributed by atoms with van der Waals surface area (Å²) in [6, 6.07) is 1.39. The van der Waals surface area contributed by atoms with Crippen molar-refractivity contribution in [1.29, 1.82) is 0 Å². The highest BCUT2D eigenvalue weighted by atomic mass is 32.2. The van der Waals surface area contributed by atoms with E-state index in [4.69, 9.17) is 0 Å². The molecule has 0 fully saturated rings. The summed E-state index contributed by atoms with van der Waals surface area (Å²) in [5.74, 6) is -0.595. The maximum absolute atomic E-state index is 13.3. The van der Waals surface area contributed by atoms with Gasteiger partial charge in [0.1, 0.15) is 0 Å². The molecule has 0 saturated carbocycles. The van der Waals surface area contributed by atoms with Gasteiger partial charge in [-0.1, -0.05) is 6.58 Å². The Kier molecular flexibility index (Phi) is 5.41. The van der Waals surface area contributed by atoms with E-state index in [1.807, 2.05) is 0 Å². The maximum Gasteiger partial charge on any atom is 0.416 e. The lowest BCUT2D eigenvalue weighted by Crippen LogP contribution is -2.50. The minimum Gasteiger partial charge on any atom is -0.352 e. The lowest BCUT2D eigenvalue weighted by atomic mass is 10.0. The number of nitrogens with one attached hydrogen (secondary N) is 2. The lowest BCUT2D eigenvalue weighted by molar-refractivity contribution is -0.138. The Morgan fingerprint density at radius 2 is 1.96 bits per heavy atom. The predicted octanol–water partition coefficient (Wildman–Crippen LogP) is 0.386. The fourth-order valence-electron chi connectivity index (χ4n) is 2.47. The second-order valence-corrected chi connectivity index (χ2v) is 7.57. The SMILES string of the molecule is C=CN(n1c(=O)[nH]c2cc(C(F)(F)F)c(CNC(C)=O)cc2c1=O)S(C)(=O)=O. The summed E-state index contributed by atoms with van der Waals surface area (Å²) in [6.45, 7) is 3.79. The van der Waals surface area contributed by atoms with E-state index in [9.17, 15) is 36.0 Å². The van der Waals surface area contributed by atoms with E-state index in [-0.39, 0.29) is 14.5 Å². The molecule has 0 saturated heterocycles. The molecule has 0 spiro atoms. The molecule has 0 radical (unpaired) electrons. The molecule has 9 nitrogen and oxygen atoms in total. The highest BCUT2D eigenvalue weighted by Gasteiger charge is 2.34. The minimum absolute atomic E-state index is 0.195. The molecule has 0 atom stereocenters. The number of carbonyl (C=O) groups is 1. The van der Waals surface area contributed by atoms with Gasteiger partial charge < -0.3 is 10.3 Å². The van der Waals surface area contributed by atoms with E-state index >= 15 is 0 Å². The van der Waals surface area contributed by atoms with Crippen LogP contribution in [0.4, 0.5) is 13.2 Å². The molecule has 2 rings (SSSR count). The van der Waals surface area contributed by atoms with Crippen LogP contribution in [0, 0.1) is 0 Å². The number of hydrogen-bond donors (Lipinski definition) is 2. The van der Waals surface area contributed by atoms with Gasteiger partial charge in [0, 0.05) is 19.7 Å². The van der Waals surface area contributed by atoms with Crippen molar-refractivity contribution < 1.29 is 26.4 Å². The molecule has 0 aliphatic carbocycles. The van der Waals surface area contributed by atoms with Gasteiger partial charge in [-0.05, 0) is 17.7 Å². The fraction of sp³-hybridized carbons (Fsp3) is 0.267. The van der Waals surface area contributed by atoms with Crippen LogP contribution < -0.4 is 21.0 Å². The zero-order valence-electron chi connectivity index (χ0n) is 14.6. The number of fused-ring (bicyclic) bond motifs is 1. The monoisotopic (exact) mass is 420 g/mol. The van der Waals surface area contributed by atoms with Crippen LogP contribution in [-0.2, 0) is 27.5 Å². The number of rotatable bonds is 5. The van der Waals surface area contributed by atoms with E-state index in [0.717, 1.165) is 13.0 Å². The molecular weight excluding hydrogens is 405 g/mol. The van der Waals surface area contributed by atoms with Gasteiger partial charge in [0.2, 0.25) is 15.9 Å². The van der Waals surface area contributed by atoms with Crippen LogP contribution in [-0.4, -0.2) is 30.2 Å². The van der Waals surface area contributed by atoms with Crippen LogP contribution in [0.3, 0.4) is 0 Å². The quantitative estimate of drug-likeness (QED) is 0.725. The van der Waals surface area contributed by atoms with Crippen molar-refractivity contribution in [2.24, 2.45) is 0 Å². The Morgan fingerprint density at radius 1 is 1.36 bits per heavy atom. The van der Waals surface area contributed by atoms with E-state index in [0.29, 0.717) is 18.5 Å². The average Bonchev–Trinajstić information content (AvgIpc) is 2.54. The van der Waals surface area contributed by atoms with Crippen LogP contribution in [0.15, 0.2) is 34.5 Å². The van der Waals surface area contributed by atoms with Crippen LogP contribution in [0.1, 0.15) is 18.1 Å². The van der Waals surface area contributed by atoms with Crippen LogP contribution in [0.25, 0.3) is 10.9 Å². The summed E-state index contributed by atoms with van der Waals surface area (Å²) in [6.07, 6.45) is -3.42. The molecule has 13 heteroatoms. The fourth-order valence-corrected chi connectivity index (χ4v) is 3.19. The number of halogens is 3. The number of aromatic amines is 1. The number of nitrogens with zero attached hydrogens (tertiary/aromatic N) is 2. The molecule has 2 N–H and O–H groups in total. The van der Waals surface area contributed by atoms with Gasteiger partial charge in [0.15, 0.2) is 0 Å². The van der Waals surface area contributed by atoms with Gasteiger partial charge >= 0.3 is 11.9 Å². The maximum atomic E-state index is 13.3. The average molecular weight is 420 g/mol. The zero-order chi connectivity index (χ0) is 21.4. The topological polar surface area (TPSA) is 121 Å². The second-order valence-electron chi connectivity index (χ2n) is 5.73. The molecule has 0 unspecified atom stereocenters. The highest BCUT2D eigenvalue weighted by molar-refractivity contribution is 7.91. The second kappa shape index (κ2) is 7.14. The van der Waals surface area contributed by atoms with Crippen LogP contribution in [0.2, 0.25) is 0 Å². The molecule has 1 amide bonds. The van der Waals surface area contributed by atoms with E-state index < -0.39 is 56.5 Å². The van der Waals surface area contributed by atoms with Gasteiger partial charge in [0.05, 0.1) is 22.7 Å². The lowest BCUT2D eigenvalue weighted by Gasteiger charge is -2.19. The smallest absolute Gasteiger partial charge is 0.352 e. The number of alkyl halides is 3. The van der Waals surface area contributed by atoms with E-state index in [2.05, 4.69) is 16.9 Å². The molecule has 0 bridgehead atoms. The summed E-state index contributed by atoms with van der Waals surface area (Å²) >= 11 is 0. The molecule has 28 heavy (non-hydrogen) atoms. The Balaban J connectivity index is 2.89. The Hall–Kier alpha value is -3.09. The van der Waals surface area contributed by atoms with Crippen molar-refractivity contribution in [3.8, 4) is 0 Å². The predicted molar refractivity (Wildman–Crippen MR) is 94.6 cm³/mol. The first-order valence-corrected chi connectivity index (χ1v) is 9.38. The molecule has 1 aromatic heterocycles. The van der Waals surface area contributed by atoms with Gasteiger partial charge in [-0.2, -0.15) is 22.3 Å². The summed E-state index contributed by atoms with van der Waals surface area (Å²) in [5.41, 5.74) is -4.49. The largest absolute Gasteiger partial charge is 0.416 e. The highest BCUT2D eigenvalue weighted by Crippen LogP contribution is 2.33. The summed E-state index contributed by atoms with van der Waals surface area (Å²) < 4.78 is 64.0. The first-order valence-electron chi connectivity index (χ1n) is 7.53. The number of aromatic nitrogens is 2. The van der Waals surface area contributed by atoms with Gasteiger partial charge in [0.25, 0.3) is 5.56 Å². The van der Waals surface area contributed by atoms with Crippen LogP contribution in [0.5, 0.6) is 0 Å². The van der Waals surface area contributed by atoms with Gasteiger partial charge in [-0.3, -0.25) is 9.59 Å². The van der Waals surface area contributed by atoms with E-state index in [1.54, 1.807) is 0 Å². The third-order valence-electron chi connectivity index (χ3n) is 3.63.